The van der Waals surface area contributed by atoms with Crippen LogP contribution in [0.3, 0.4) is 0 Å². The molecule has 0 fully saturated rings. The Morgan fingerprint density at radius 2 is 1.00 bits per heavy atom. The smallest absolute Gasteiger partial charge is 0.303 e. The van der Waals surface area contributed by atoms with Gasteiger partial charge in [0.25, 0.3) is 0 Å². The van der Waals surface area contributed by atoms with Crippen molar-refractivity contribution in [3.63, 3.8) is 0 Å². The molecule has 1 aromatic carbocycles. The van der Waals surface area contributed by atoms with E-state index in [0.717, 1.165) is 11.1 Å². The number of amides is 2. The number of carboxylic acids is 2. The molecule has 0 saturated carbocycles. The van der Waals surface area contributed by atoms with Crippen molar-refractivity contribution >= 4 is 23.8 Å². The summed E-state index contributed by atoms with van der Waals surface area (Å²) in [5.74, 6) is -2.68. The number of carbonyl (C=O) groups excluding carboxylic acids is 2. The summed E-state index contributed by atoms with van der Waals surface area (Å²) in [5.41, 5.74) is 1.69. The molecule has 0 bridgehead atoms. The quantitative estimate of drug-likeness (QED) is 0.496. The maximum Gasteiger partial charge on any atom is 0.303 e. The highest BCUT2D eigenvalue weighted by Gasteiger charge is 2.06. The molecule has 1 aromatic rings. The van der Waals surface area contributed by atoms with Crippen LogP contribution in [0.25, 0.3) is 0 Å². The van der Waals surface area contributed by atoms with Crippen LogP contribution in [-0.2, 0) is 32.3 Å². The largest absolute Gasteiger partial charge is 0.481 e. The summed E-state index contributed by atoms with van der Waals surface area (Å²) in [4.78, 5) is 43.5. The monoisotopic (exact) mass is 336 g/mol. The van der Waals surface area contributed by atoms with Gasteiger partial charge in [-0.25, -0.2) is 0 Å². The first-order valence-electron chi connectivity index (χ1n) is 7.41. The Bertz CT molecular complexity index is 544. The molecule has 0 aliphatic heterocycles. The number of rotatable bonds is 10. The van der Waals surface area contributed by atoms with Gasteiger partial charge in [-0.15, -0.1) is 0 Å². The van der Waals surface area contributed by atoms with Gasteiger partial charge in [0.2, 0.25) is 11.8 Å². The summed E-state index contributed by atoms with van der Waals surface area (Å²) >= 11 is 0. The van der Waals surface area contributed by atoms with Gasteiger partial charge in [-0.1, -0.05) is 24.3 Å². The molecular weight excluding hydrogens is 316 g/mol. The first kappa shape index (κ1) is 19.1. The van der Waals surface area contributed by atoms with E-state index in [2.05, 4.69) is 10.6 Å². The summed E-state index contributed by atoms with van der Waals surface area (Å²) in [6.07, 6.45) is -0.524. The minimum atomic E-state index is -1.01. The Hall–Kier alpha value is -2.90. The van der Waals surface area contributed by atoms with Gasteiger partial charge >= 0.3 is 11.9 Å². The second-order valence-electron chi connectivity index (χ2n) is 5.16. The van der Waals surface area contributed by atoms with Crippen LogP contribution in [0.1, 0.15) is 36.8 Å². The molecule has 0 heterocycles. The molecule has 0 aliphatic rings. The van der Waals surface area contributed by atoms with E-state index in [1.165, 1.54) is 0 Å². The van der Waals surface area contributed by atoms with Crippen molar-refractivity contribution in [3.8, 4) is 0 Å². The summed E-state index contributed by atoms with van der Waals surface area (Å²) in [7, 11) is 0. The number of aliphatic carboxylic acids is 2. The van der Waals surface area contributed by atoms with Gasteiger partial charge in [0, 0.05) is 25.9 Å². The zero-order valence-electron chi connectivity index (χ0n) is 13.1. The number of hydrogen-bond acceptors (Lipinski definition) is 4. The van der Waals surface area contributed by atoms with Crippen molar-refractivity contribution in [2.24, 2.45) is 0 Å². The third-order valence-electron chi connectivity index (χ3n) is 3.13. The minimum absolute atomic E-state index is 0.0597. The lowest BCUT2D eigenvalue weighted by Gasteiger charge is -2.07. The zero-order chi connectivity index (χ0) is 17.9. The molecule has 24 heavy (non-hydrogen) atoms. The number of carboxylic acid groups (broad SMARTS) is 2. The zero-order valence-corrected chi connectivity index (χ0v) is 13.1. The van der Waals surface area contributed by atoms with Crippen molar-refractivity contribution in [2.75, 3.05) is 0 Å². The normalized spacial score (nSPS) is 10.0. The molecule has 0 saturated heterocycles. The second-order valence-corrected chi connectivity index (χ2v) is 5.16. The first-order chi connectivity index (χ1) is 11.4. The molecule has 4 N–H and O–H groups in total. The second kappa shape index (κ2) is 9.98. The van der Waals surface area contributed by atoms with Crippen LogP contribution in [0.5, 0.6) is 0 Å². The molecule has 0 aliphatic carbocycles. The lowest BCUT2D eigenvalue weighted by molar-refractivity contribution is -0.139. The Balaban J connectivity index is 2.32. The molecule has 0 unspecified atom stereocenters. The van der Waals surface area contributed by atoms with E-state index < -0.39 is 11.9 Å². The topological polar surface area (TPSA) is 133 Å². The highest BCUT2D eigenvalue weighted by molar-refractivity contribution is 5.81. The van der Waals surface area contributed by atoms with Gasteiger partial charge in [0.15, 0.2) is 0 Å². The molecule has 0 radical (unpaired) electrons. The molecular formula is C16H20N2O6. The van der Waals surface area contributed by atoms with Gasteiger partial charge in [-0.2, -0.15) is 0 Å². The maximum absolute atomic E-state index is 11.4. The third-order valence-corrected chi connectivity index (χ3v) is 3.13. The van der Waals surface area contributed by atoms with Crippen LogP contribution in [-0.4, -0.2) is 34.0 Å². The number of benzene rings is 1. The fourth-order valence-corrected chi connectivity index (χ4v) is 1.79. The SMILES string of the molecule is O=C(O)CCC(=O)NCc1ccc(CNC(=O)CCC(=O)O)cc1. The molecule has 0 atom stereocenters. The average Bonchev–Trinajstić information content (AvgIpc) is 2.55. The number of hydrogen-bond donors (Lipinski definition) is 4. The Labute approximate surface area is 138 Å². The van der Waals surface area contributed by atoms with Crippen LogP contribution in [0.4, 0.5) is 0 Å². The van der Waals surface area contributed by atoms with Gasteiger partial charge in [0.05, 0.1) is 12.8 Å². The Morgan fingerprint density at radius 1 is 0.667 bits per heavy atom. The van der Waals surface area contributed by atoms with E-state index in [1.807, 2.05) is 0 Å². The van der Waals surface area contributed by atoms with E-state index in [-0.39, 0.29) is 37.5 Å². The third kappa shape index (κ3) is 8.52. The maximum atomic E-state index is 11.4. The Kier molecular flexibility index (Phi) is 7.97. The summed E-state index contributed by atoms with van der Waals surface area (Å²) in [6.45, 7) is 0.591. The van der Waals surface area contributed by atoms with Crippen LogP contribution < -0.4 is 10.6 Å². The van der Waals surface area contributed by atoms with Crippen molar-refractivity contribution < 1.29 is 29.4 Å². The molecule has 2 amide bonds. The van der Waals surface area contributed by atoms with E-state index in [0.29, 0.717) is 13.1 Å². The van der Waals surface area contributed by atoms with Gasteiger partial charge in [-0.3, -0.25) is 19.2 Å². The van der Waals surface area contributed by atoms with E-state index in [1.54, 1.807) is 24.3 Å². The molecule has 8 nitrogen and oxygen atoms in total. The lowest BCUT2D eigenvalue weighted by atomic mass is 10.1. The Morgan fingerprint density at radius 3 is 1.29 bits per heavy atom. The molecule has 8 heteroatoms. The van der Waals surface area contributed by atoms with Crippen molar-refractivity contribution in [3.05, 3.63) is 35.4 Å². The van der Waals surface area contributed by atoms with Crippen LogP contribution >= 0.6 is 0 Å². The van der Waals surface area contributed by atoms with E-state index >= 15 is 0 Å². The lowest BCUT2D eigenvalue weighted by Crippen LogP contribution is -2.24. The number of carbonyl (C=O) groups is 4. The van der Waals surface area contributed by atoms with Crippen LogP contribution in [0.15, 0.2) is 24.3 Å². The van der Waals surface area contributed by atoms with E-state index in [4.69, 9.17) is 10.2 Å². The minimum Gasteiger partial charge on any atom is -0.481 e. The van der Waals surface area contributed by atoms with Gasteiger partial charge < -0.3 is 20.8 Å². The van der Waals surface area contributed by atoms with Gasteiger partial charge in [-0.05, 0) is 11.1 Å². The predicted octanol–water partition coefficient (Wildman–Crippen LogP) is 0.649. The van der Waals surface area contributed by atoms with Crippen LogP contribution in [0, 0.1) is 0 Å². The molecule has 1 rings (SSSR count). The fraction of sp³-hybridized carbons (Fsp3) is 0.375. The summed E-state index contributed by atoms with van der Waals surface area (Å²) < 4.78 is 0. The number of nitrogens with one attached hydrogen (secondary N) is 2. The van der Waals surface area contributed by atoms with Crippen molar-refractivity contribution in [1.82, 2.24) is 10.6 Å². The molecule has 130 valence electrons. The van der Waals surface area contributed by atoms with Crippen LogP contribution in [0.2, 0.25) is 0 Å². The standard InChI is InChI=1S/C16H20N2O6/c19-13(5-7-15(21)22)17-9-11-1-2-12(4-3-11)10-18-14(20)6-8-16(23)24/h1-4H,5-10H2,(H,17,19)(H,18,20)(H,21,22)(H,23,24). The summed E-state index contributed by atoms with van der Waals surface area (Å²) in [5, 5.41) is 22.2. The summed E-state index contributed by atoms with van der Waals surface area (Å²) in [6, 6.07) is 7.15. The first-order valence-corrected chi connectivity index (χ1v) is 7.41. The molecule has 0 spiro atoms. The highest BCUT2D eigenvalue weighted by Crippen LogP contribution is 2.05. The highest BCUT2D eigenvalue weighted by atomic mass is 16.4. The van der Waals surface area contributed by atoms with E-state index in [9.17, 15) is 19.2 Å². The van der Waals surface area contributed by atoms with Crippen molar-refractivity contribution in [1.29, 1.82) is 0 Å². The fourth-order valence-electron chi connectivity index (χ4n) is 1.79. The predicted molar refractivity (Wildman–Crippen MR) is 83.9 cm³/mol. The molecule has 0 aromatic heterocycles. The van der Waals surface area contributed by atoms with Crippen molar-refractivity contribution in [2.45, 2.75) is 38.8 Å². The average molecular weight is 336 g/mol. The van der Waals surface area contributed by atoms with Gasteiger partial charge in [0.1, 0.15) is 0 Å².